The van der Waals surface area contributed by atoms with E-state index in [1.807, 2.05) is 30.3 Å². The molecule has 0 saturated carbocycles. The molecule has 0 bridgehead atoms. The van der Waals surface area contributed by atoms with Crippen molar-refractivity contribution in [2.45, 2.75) is 20.3 Å². The highest BCUT2D eigenvalue weighted by molar-refractivity contribution is 5.71. The van der Waals surface area contributed by atoms with Crippen LogP contribution in [0.15, 0.2) is 54.6 Å². The van der Waals surface area contributed by atoms with Crippen molar-refractivity contribution in [2.75, 3.05) is 26.7 Å². The number of ether oxygens (including phenoxy) is 1. The van der Waals surface area contributed by atoms with Gasteiger partial charge >= 0.3 is 5.97 Å². The quantitative estimate of drug-likeness (QED) is 0.727. The Morgan fingerprint density at radius 3 is 2.11 bits per heavy atom. The van der Waals surface area contributed by atoms with Crippen molar-refractivity contribution in [1.29, 1.82) is 0 Å². The van der Waals surface area contributed by atoms with Crippen LogP contribution in [0.5, 0.6) is 5.75 Å². The number of carboxylic acid groups (broad SMARTS) is 1. The summed E-state index contributed by atoms with van der Waals surface area (Å²) in [7, 11) is 1.67. The SMILES string of the molecule is CCc1ccccc1.COc1ccc(C)cc1.NCCN(C=O)CC(=O)O. The first-order valence-electron chi connectivity index (χ1n) is 8.72. The molecule has 0 fully saturated rings. The number of rotatable bonds is 7. The summed E-state index contributed by atoms with van der Waals surface area (Å²) >= 11 is 0. The second-order valence-corrected chi connectivity index (χ2v) is 5.61. The number of benzene rings is 2. The number of carbonyl (C=O) groups excluding carboxylic acids is 1. The lowest BCUT2D eigenvalue weighted by molar-refractivity contribution is -0.140. The summed E-state index contributed by atoms with van der Waals surface area (Å²) in [6.07, 6.45) is 1.61. The number of hydrogen-bond acceptors (Lipinski definition) is 4. The van der Waals surface area contributed by atoms with Crippen molar-refractivity contribution in [2.24, 2.45) is 5.73 Å². The molecule has 0 radical (unpaired) electrons. The Hall–Kier alpha value is -2.86. The van der Waals surface area contributed by atoms with E-state index >= 15 is 0 Å². The smallest absolute Gasteiger partial charge is 0.323 e. The van der Waals surface area contributed by atoms with Crippen LogP contribution in [0.3, 0.4) is 0 Å². The average Bonchev–Trinajstić information content (AvgIpc) is 2.69. The zero-order valence-corrected chi connectivity index (χ0v) is 16.3. The summed E-state index contributed by atoms with van der Waals surface area (Å²) < 4.78 is 4.97. The molecule has 0 aliphatic rings. The van der Waals surface area contributed by atoms with Crippen LogP contribution in [-0.2, 0) is 16.0 Å². The minimum atomic E-state index is -1.03. The summed E-state index contributed by atoms with van der Waals surface area (Å²) in [5, 5.41) is 8.20. The van der Waals surface area contributed by atoms with Crippen molar-refractivity contribution in [3.8, 4) is 5.75 Å². The number of aliphatic carboxylic acids is 1. The van der Waals surface area contributed by atoms with Crippen LogP contribution in [0.1, 0.15) is 18.1 Å². The third-order valence-electron chi connectivity index (χ3n) is 3.41. The number of aryl methyl sites for hydroxylation is 2. The minimum absolute atomic E-state index is 0.277. The molecular formula is C21H30N2O4. The molecule has 0 saturated heterocycles. The molecule has 3 N–H and O–H groups in total. The molecule has 0 unspecified atom stereocenters. The van der Waals surface area contributed by atoms with Gasteiger partial charge in [0.25, 0.3) is 0 Å². The van der Waals surface area contributed by atoms with Gasteiger partial charge in [0.15, 0.2) is 0 Å². The van der Waals surface area contributed by atoms with Gasteiger partial charge in [-0.1, -0.05) is 55.0 Å². The second-order valence-electron chi connectivity index (χ2n) is 5.61. The Kier molecular flexibility index (Phi) is 13.8. The van der Waals surface area contributed by atoms with Gasteiger partial charge in [-0.25, -0.2) is 0 Å². The van der Waals surface area contributed by atoms with E-state index < -0.39 is 5.97 Å². The summed E-state index contributed by atoms with van der Waals surface area (Å²) in [6, 6.07) is 18.4. The summed E-state index contributed by atoms with van der Waals surface area (Å²) in [5.41, 5.74) is 7.76. The van der Waals surface area contributed by atoms with Crippen molar-refractivity contribution in [1.82, 2.24) is 4.90 Å². The lowest BCUT2D eigenvalue weighted by Crippen LogP contribution is -2.32. The second kappa shape index (κ2) is 15.4. The number of amides is 1. The van der Waals surface area contributed by atoms with E-state index in [9.17, 15) is 9.59 Å². The number of carboxylic acids is 1. The third-order valence-corrected chi connectivity index (χ3v) is 3.41. The van der Waals surface area contributed by atoms with Gasteiger partial charge in [0.1, 0.15) is 12.3 Å². The molecule has 1 amide bonds. The maximum absolute atomic E-state index is 10.0. The van der Waals surface area contributed by atoms with Crippen molar-refractivity contribution >= 4 is 12.4 Å². The molecule has 0 aliphatic carbocycles. The number of nitrogens with two attached hydrogens (primary N) is 1. The summed E-state index contributed by atoms with van der Waals surface area (Å²) in [6.45, 7) is 4.51. The van der Waals surface area contributed by atoms with E-state index in [0.717, 1.165) is 17.1 Å². The van der Waals surface area contributed by atoms with Crippen LogP contribution >= 0.6 is 0 Å². The van der Waals surface area contributed by atoms with E-state index in [4.69, 9.17) is 15.6 Å². The zero-order chi connectivity index (χ0) is 20.5. The van der Waals surface area contributed by atoms with E-state index in [1.54, 1.807) is 7.11 Å². The van der Waals surface area contributed by atoms with Crippen LogP contribution < -0.4 is 10.5 Å². The topological polar surface area (TPSA) is 92.9 Å². The van der Waals surface area contributed by atoms with Gasteiger partial charge in [0, 0.05) is 13.1 Å². The summed E-state index contributed by atoms with van der Waals surface area (Å²) in [4.78, 5) is 21.1. The summed E-state index contributed by atoms with van der Waals surface area (Å²) in [5.74, 6) is -0.110. The molecule has 6 nitrogen and oxygen atoms in total. The van der Waals surface area contributed by atoms with Gasteiger partial charge in [0.2, 0.25) is 6.41 Å². The number of methoxy groups -OCH3 is 1. The van der Waals surface area contributed by atoms with Gasteiger partial charge in [-0.2, -0.15) is 0 Å². The van der Waals surface area contributed by atoms with Gasteiger partial charge in [-0.15, -0.1) is 0 Å². The Morgan fingerprint density at radius 2 is 1.74 bits per heavy atom. The first-order chi connectivity index (χ1) is 13.0. The highest BCUT2D eigenvalue weighted by Gasteiger charge is 2.03. The van der Waals surface area contributed by atoms with E-state index in [0.29, 0.717) is 6.41 Å². The fraction of sp³-hybridized carbons (Fsp3) is 0.333. The molecule has 0 atom stereocenters. The monoisotopic (exact) mass is 374 g/mol. The molecule has 0 heterocycles. The first-order valence-corrected chi connectivity index (χ1v) is 8.72. The lowest BCUT2D eigenvalue weighted by Gasteiger charge is -2.11. The van der Waals surface area contributed by atoms with Crippen LogP contribution in [0.25, 0.3) is 0 Å². The highest BCUT2D eigenvalue weighted by atomic mass is 16.5. The van der Waals surface area contributed by atoms with Crippen LogP contribution in [-0.4, -0.2) is 49.1 Å². The van der Waals surface area contributed by atoms with Crippen LogP contribution in [0.4, 0.5) is 0 Å². The predicted octanol–water partition coefficient (Wildman–Crippen LogP) is 2.74. The molecule has 2 aromatic carbocycles. The number of carbonyl (C=O) groups is 2. The van der Waals surface area contributed by atoms with Crippen molar-refractivity contribution < 1.29 is 19.4 Å². The Balaban J connectivity index is 0.000000377. The molecule has 148 valence electrons. The van der Waals surface area contributed by atoms with Gasteiger partial charge in [-0.05, 0) is 31.0 Å². The average molecular weight is 374 g/mol. The van der Waals surface area contributed by atoms with Gasteiger partial charge in [0.05, 0.1) is 7.11 Å². The molecule has 2 rings (SSSR count). The maximum Gasteiger partial charge on any atom is 0.323 e. The minimum Gasteiger partial charge on any atom is -0.497 e. The first kappa shape index (κ1) is 24.1. The van der Waals surface area contributed by atoms with Crippen molar-refractivity contribution in [3.05, 3.63) is 65.7 Å². The predicted molar refractivity (Wildman–Crippen MR) is 108 cm³/mol. The Bertz CT molecular complexity index is 630. The molecule has 6 heteroatoms. The van der Waals surface area contributed by atoms with E-state index in [1.165, 1.54) is 11.1 Å². The highest BCUT2D eigenvalue weighted by Crippen LogP contribution is 2.09. The number of hydrogen-bond donors (Lipinski definition) is 2. The third kappa shape index (κ3) is 13.1. The largest absolute Gasteiger partial charge is 0.497 e. The normalized spacial score (nSPS) is 9.04. The molecule has 0 spiro atoms. The standard InChI is InChI=1S/C8H10O.C8H10.C5H10N2O3/c1-7-3-5-8(9-2)6-4-7;1-2-8-6-4-3-5-7-8;6-1-2-7(4-8)3-5(9)10/h3-6H,1-2H3;3-7H,2H2,1H3;4H,1-3,6H2,(H,9,10). The molecule has 0 aromatic heterocycles. The maximum atomic E-state index is 10.0. The van der Waals surface area contributed by atoms with E-state index in [2.05, 4.69) is 38.1 Å². The Morgan fingerprint density at radius 1 is 1.15 bits per heavy atom. The fourth-order valence-electron chi connectivity index (χ4n) is 1.90. The van der Waals surface area contributed by atoms with E-state index in [-0.39, 0.29) is 19.6 Å². The molecule has 2 aromatic rings. The molecule has 0 aliphatic heterocycles. The van der Waals surface area contributed by atoms with Crippen LogP contribution in [0.2, 0.25) is 0 Å². The number of nitrogens with zero attached hydrogens (tertiary/aromatic N) is 1. The fourth-order valence-corrected chi connectivity index (χ4v) is 1.90. The van der Waals surface area contributed by atoms with Crippen LogP contribution in [0, 0.1) is 6.92 Å². The zero-order valence-electron chi connectivity index (χ0n) is 16.3. The molecular weight excluding hydrogens is 344 g/mol. The molecule has 27 heavy (non-hydrogen) atoms. The Labute approximate surface area is 161 Å². The lowest BCUT2D eigenvalue weighted by atomic mass is 10.2. The van der Waals surface area contributed by atoms with Gasteiger partial charge < -0.3 is 20.5 Å². The van der Waals surface area contributed by atoms with Crippen molar-refractivity contribution in [3.63, 3.8) is 0 Å². The van der Waals surface area contributed by atoms with Gasteiger partial charge in [-0.3, -0.25) is 9.59 Å².